The SMILES string of the molecule is [2H]/C(C(=O)Nc1cc2cc(-c3cnc(C)n3C)ccc2cn1)=C(/[2H])c1c([2H])c([2H])c([2H])c([2H])c1[2H]. The van der Waals surface area contributed by atoms with Crippen LogP contribution in [0.5, 0.6) is 0 Å². The Hall–Kier alpha value is -3.73. The van der Waals surface area contributed by atoms with Crippen LogP contribution in [0.4, 0.5) is 5.82 Å². The summed E-state index contributed by atoms with van der Waals surface area (Å²) in [6.07, 6.45) is 3.33. The Bertz CT molecular complexity index is 1520. The Balaban J connectivity index is 1.68. The minimum atomic E-state index is -0.993. The molecule has 4 aromatic rings. The van der Waals surface area contributed by atoms with Crippen LogP contribution in [-0.4, -0.2) is 20.4 Å². The fraction of sp³-hybridized carbons (Fsp3) is 0.0870. The van der Waals surface area contributed by atoms with Gasteiger partial charge in [0, 0.05) is 30.2 Å². The molecule has 1 N–H and O–H groups in total. The number of imidazole rings is 1. The molecule has 0 aliphatic heterocycles. The summed E-state index contributed by atoms with van der Waals surface area (Å²) >= 11 is 0. The summed E-state index contributed by atoms with van der Waals surface area (Å²) in [6.45, 7) is 1.90. The first-order chi connectivity index (χ1) is 16.5. The molecule has 0 saturated carbocycles. The number of hydrogen-bond donors (Lipinski definition) is 1. The summed E-state index contributed by atoms with van der Waals surface area (Å²) < 4.78 is 57.3. The highest BCUT2D eigenvalue weighted by Crippen LogP contribution is 2.25. The monoisotopic (exact) mass is 375 g/mol. The van der Waals surface area contributed by atoms with E-state index in [4.69, 9.17) is 9.60 Å². The number of nitrogens with zero attached hydrogens (tertiary/aromatic N) is 3. The second-order valence-electron chi connectivity index (χ2n) is 6.09. The van der Waals surface area contributed by atoms with Gasteiger partial charge in [-0.1, -0.05) is 42.3 Å². The lowest BCUT2D eigenvalue weighted by atomic mass is 10.1. The van der Waals surface area contributed by atoms with Gasteiger partial charge in [0.2, 0.25) is 5.91 Å². The van der Waals surface area contributed by atoms with Crippen LogP contribution in [0.25, 0.3) is 28.1 Å². The molecular weight excluding hydrogens is 348 g/mol. The molecule has 0 spiro atoms. The number of hydrogen-bond acceptors (Lipinski definition) is 3. The molecule has 2 aromatic heterocycles. The smallest absolute Gasteiger partial charge is 0.249 e. The van der Waals surface area contributed by atoms with Crippen molar-refractivity contribution >= 4 is 28.5 Å². The predicted molar refractivity (Wildman–Crippen MR) is 113 cm³/mol. The Morgan fingerprint density at radius 3 is 2.71 bits per heavy atom. The maximum atomic E-state index is 12.7. The predicted octanol–water partition coefficient (Wildman–Crippen LogP) is 4.60. The fourth-order valence-electron chi connectivity index (χ4n) is 2.72. The lowest BCUT2D eigenvalue weighted by molar-refractivity contribution is -0.111. The number of anilines is 1. The molecule has 28 heavy (non-hydrogen) atoms. The van der Waals surface area contributed by atoms with Gasteiger partial charge in [-0.05, 0) is 36.1 Å². The number of benzene rings is 2. The number of aromatic nitrogens is 3. The van der Waals surface area contributed by atoms with Gasteiger partial charge in [-0.15, -0.1) is 0 Å². The van der Waals surface area contributed by atoms with Crippen molar-refractivity contribution in [2.75, 3.05) is 5.32 Å². The topological polar surface area (TPSA) is 59.8 Å². The fourth-order valence-corrected chi connectivity index (χ4v) is 2.72. The van der Waals surface area contributed by atoms with E-state index >= 15 is 0 Å². The van der Waals surface area contributed by atoms with E-state index in [0.717, 1.165) is 27.9 Å². The van der Waals surface area contributed by atoms with Crippen LogP contribution in [0.2, 0.25) is 0 Å². The molecule has 2 aromatic carbocycles. The number of rotatable bonds is 4. The minimum Gasteiger partial charge on any atom is -0.331 e. The second kappa shape index (κ2) is 7.48. The van der Waals surface area contributed by atoms with Crippen LogP contribution in [0.3, 0.4) is 0 Å². The molecule has 0 atom stereocenters. The van der Waals surface area contributed by atoms with E-state index in [-0.39, 0.29) is 5.82 Å². The molecule has 1 amide bonds. The average molecular weight is 375 g/mol. The van der Waals surface area contributed by atoms with Crippen molar-refractivity contribution in [3.05, 3.63) is 84.3 Å². The van der Waals surface area contributed by atoms with Gasteiger partial charge in [0.05, 0.1) is 21.5 Å². The van der Waals surface area contributed by atoms with Crippen molar-refractivity contribution in [1.82, 2.24) is 14.5 Å². The maximum Gasteiger partial charge on any atom is 0.249 e. The van der Waals surface area contributed by atoms with E-state index in [9.17, 15) is 4.79 Å². The molecule has 0 unspecified atom stereocenters. The van der Waals surface area contributed by atoms with E-state index in [2.05, 4.69) is 15.3 Å². The van der Waals surface area contributed by atoms with Crippen molar-refractivity contribution in [3.63, 3.8) is 0 Å². The van der Waals surface area contributed by atoms with E-state index in [0.29, 0.717) is 0 Å². The number of pyridine rings is 1. The first kappa shape index (κ1) is 11.2. The summed E-state index contributed by atoms with van der Waals surface area (Å²) in [4.78, 5) is 21.2. The zero-order chi connectivity index (χ0) is 25.6. The second-order valence-corrected chi connectivity index (χ2v) is 6.09. The zero-order valence-corrected chi connectivity index (χ0v) is 15.2. The third kappa shape index (κ3) is 3.69. The number of carbonyl (C=O) groups is 1. The number of aryl methyl sites for hydroxylation is 1. The largest absolute Gasteiger partial charge is 0.331 e. The van der Waals surface area contributed by atoms with Crippen LogP contribution in [-0.2, 0) is 11.8 Å². The van der Waals surface area contributed by atoms with Crippen LogP contribution in [0.15, 0.2) is 72.9 Å². The highest BCUT2D eigenvalue weighted by molar-refractivity contribution is 6.02. The Kier molecular flexibility index (Phi) is 2.99. The summed E-state index contributed by atoms with van der Waals surface area (Å²) in [7, 11) is 1.91. The molecule has 2 heterocycles. The van der Waals surface area contributed by atoms with Crippen LogP contribution in [0.1, 0.15) is 21.0 Å². The molecule has 0 radical (unpaired) electrons. The van der Waals surface area contributed by atoms with Gasteiger partial charge in [-0.25, -0.2) is 9.97 Å². The molecule has 0 fully saturated rings. The van der Waals surface area contributed by atoms with Crippen molar-refractivity contribution in [2.24, 2.45) is 7.05 Å². The zero-order valence-electron chi connectivity index (χ0n) is 22.2. The standard InChI is InChI=1S/C23H20N4O/c1-16-24-15-21(27(16)2)18-9-10-19-14-25-22(13-20(19)12-18)26-23(28)11-8-17-6-4-3-5-7-17/h3-15H,1-2H3,(H,25,26,28)/b11-8+/i3D,4D,5D,6D,7D,8D,11D. The third-order valence-corrected chi connectivity index (χ3v) is 4.28. The molecule has 5 heteroatoms. The highest BCUT2D eigenvalue weighted by atomic mass is 16.1. The minimum absolute atomic E-state index is 0.138. The van der Waals surface area contributed by atoms with E-state index in [1.54, 1.807) is 18.5 Å². The van der Waals surface area contributed by atoms with Crippen molar-refractivity contribution < 1.29 is 14.4 Å². The van der Waals surface area contributed by atoms with Crippen molar-refractivity contribution in [1.29, 1.82) is 0 Å². The van der Waals surface area contributed by atoms with Crippen molar-refractivity contribution in [2.45, 2.75) is 6.92 Å². The average Bonchev–Trinajstić information content (AvgIpc) is 3.18. The molecule has 0 bridgehead atoms. The quantitative estimate of drug-likeness (QED) is 0.531. The van der Waals surface area contributed by atoms with Gasteiger partial charge < -0.3 is 9.88 Å². The Labute approximate surface area is 173 Å². The summed E-state index contributed by atoms with van der Waals surface area (Å²) in [6, 6.07) is 2.53. The molecule has 138 valence electrons. The van der Waals surface area contributed by atoms with Gasteiger partial charge in [-0.3, -0.25) is 4.79 Å². The van der Waals surface area contributed by atoms with Gasteiger partial charge in [0.15, 0.2) is 0 Å². The number of amides is 1. The van der Waals surface area contributed by atoms with E-state index in [1.165, 1.54) is 0 Å². The first-order valence-corrected chi connectivity index (χ1v) is 8.45. The Morgan fingerprint density at radius 2 is 1.96 bits per heavy atom. The molecule has 0 aliphatic rings. The third-order valence-electron chi connectivity index (χ3n) is 4.28. The lowest BCUT2D eigenvalue weighted by Gasteiger charge is -2.07. The normalized spacial score (nSPS) is 15.4. The molecule has 5 nitrogen and oxygen atoms in total. The number of carbonyl (C=O) groups excluding carboxylic acids is 1. The van der Waals surface area contributed by atoms with E-state index < -0.39 is 53.8 Å². The van der Waals surface area contributed by atoms with Gasteiger partial charge >= 0.3 is 0 Å². The van der Waals surface area contributed by atoms with Crippen molar-refractivity contribution in [3.8, 4) is 11.3 Å². The molecule has 0 aliphatic carbocycles. The number of fused-ring (bicyclic) bond motifs is 1. The summed E-state index contributed by atoms with van der Waals surface area (Å²) in [5, 5.41) is 4.06. The highest BCUT2D eigenvalue weighted by Gasteiger charge is 2.07. The van der Waals surface area contributed by atoms with Crippen LogP contribution in [0, 0.1) is 6.92 Å². The molecule has 4 rings (SSSR count). The lowest BCUT2D eigenvalue weighted by Crippen LogP contribution is -2.09. The summed E-state index contributed by atoms with van der Waals surface area (Å²) in [5.74, 6) is 0.00868. The maximum absolute atomic E-state index is 12.7. The van der Waals surface area contributed by atoms with Crippen LogP contribution < -0.4 is 5.32 Å². The Morgan fingerprint density at radius 1 is 1.14 bits per heavy atom. The molecule has 0 saturated heterocycles. The van der Waals surface area contributed by atoms with Gasteiger partial charge in [0.1, 0.15) is 11.6 Å². The summed E-state index contributed by atoms with van der Waals surface area (Å²) in [5.41, 5.74) is 1.32. The number of nitrogens with one attached hydrogen (secondary N) is 1. The first-order valence-electron chi connectivity index (χ1n) is 12.0. The van der Waals surface area contributed by atoms with Gasteiger partial charge in [-0.2, -0.15) is 0 Å². The molecular formula is C23H20N4O. The van der Waals surface area contributed by atoms with Gasteiger partial charge in [0.25, 0.3) is 0 Å². The van der Waals surface area contributed by atoms with E-state index in [1.807, 2.05) is 36.7 Å². The van der Waals surface area contributed by atoms with Crippen LogP contribution >= 0.6 is 0 Å².